The lowest BCUT2D eigenvalue weighted by Crippen LogP contribution is -2.36. The molecule has 0 saturated heterocycles. The zero-order chi connectivity index (χ0) is 19.2. The van der Waals surface area contributed by atoms with Crippen LogP contribution >= 0.6 is 22.9 Å². The third-order valence-electron chi connectivity index (χ3n) is 3.95. The Labute approximate surface area is 166 Å². The molecule has 3 amide bonds. The van der Waals surface area contributed by atoms with Gasteiger partial charge in [-0.05, 0) is 31.0 Å². The van der Waals surface area contributed by atoms with Gasteiger partial charge < -0.3 is 20.3 Å². The summed E-state index contributed by atoms with van der Waals surface area (Å²) in [5.74, 6) is -0.160. The Balaban J connectivity index is 1.64. The van der Waals surface area contributed by atoms with Crippen molar-refractivity contribution < 1.29 is 14.3 Å². The second-order valence-electron chi connectivity index (χ2n) is 6.23. The Morgan fingerprint density at radius 3 is 2.93 bits per heavy atom. The quantitative estimate of drug-likeness (QED) is 0.701. The number of nitrogens with zero attached hydrogens (tertiary/aromatic N) is 2. The van der Waals surface area contributed by atoms with Gasteiger partial charge in [0.2, 0.25) is 0 Å². The summed E-state index contributed by atoms with van der Waals surface area (Å²) in [6, 6.07) is 6.95. The van der Waals surface area contributed by atoms with Crippen molar-refractivity contribution in [1.82, 2.24) is 15.2 Å². The molecule has 1 aliphatic carbocycles. The molecule has 7 nitrogen and oxygen atoms in total. The summed E-state index contributed by atoms with van der Waals surface area (Å²) < 4.78 is 5.10. The molecule has 0 atom stereocenters. The van der Waals surface area contributed by atoms with E-state index in [0.717, 1.165) is 12.8 Å². The third kappa shape index (κ3) is 5.92. The zero-order valence-corrected chi connectivity index (χ0v) is 16.5. The molecule has 9 heteroatoms. The predicted molar refractivity (Wildman–Crippen MR) is 105 cm³/mol. The third-order valence-corrected chi connectivity index (χ3v) is 5.02. The second kappa shape index (κ2) is 9.16. The van der Waals surface area contributed by atoms with Gasteiger partial charge in [0.05, 0.1) is 13.2 Å². The van der Waals surface area contributed by atoms with E-state index in [1.165, 1.54) is 11.3 Å². The van der Waals surface area contributed by atoms with Crippen LogP contribution in [0.25, 0.3) is 0 Å². The fourth-order valence-electron chi connectivity index (χ4n) is 2.36. The summed E-state index contributed by atoms with van der Waals surface area (Å²) in [7, 11) is 1.58. The van der Waals surface area contributed by atoms with Crippen LogP contribution in [-0.4, -0.2) is 48.1 Å². The number of anilines is 1. The van der Waals surface area contributed by atoms with Gasteiger partial charge in [-0.3, -0.25) is 4.79 Å². The van der Waals surface area contributed by atoms with Crippen LogP contribution in [0.3, 0.4) is 0 Å². The van der Waals surface area contributed by atoms with Crippen molar-refractivity contribution in [3.63, 3.8) is 0 Å². The van der Waals surface area contributed by atoms with Crippen LogP contribution in [0.4, 0.5) is 10.5 Å². The van der Waals surface area contributed by atoms with E-state index in [1.54, 1.807) is 41.7 Å². The minimum absolute atomic E-state index is 0.160. The number of hydrogen-bond acceptors (Lipinski definition) is 5. The molecule has 1 aromatic heterocycles. The fourth-order valence-corrected chi connectivity index (χ4v) is 3.34. The van der Waals surface area contributed by atoms with Gasteiger partial charge in [0.15, 0.2) is 0 Å². The first-order valence-corrected chi connectivity index (χ1v) is 9.86. The monoisotopic (exact) mass is 408 g/mol. The van der Waals surface area contributed by atoms with Crippen LogP contribution in [0.15, 0.2) is 29.6 Å². The molecular formula is C18H21ClN4O3S. The van der Waals surface area contributed by atoms with Gasteiger partial charge in [0.25, 0.3) is 5.91 Å². The lowest BCUT2D eigenvalue weighted by molar-refractivity contribution is 0.0946. The summed E-state index contributed by atoms with van der Waals surface area (Å²) in [6.07, 6.45) is 2.05. The molecule has 0 radical (unpaired) electrons. The van der Waals surface area contributed by atoms with Crippen molar-refractivity contribution in [3.8, 4) is 0 Å². The van der Waals surface area contributed by atoms with Gasteiger partial charge in [-0.25, -0.2) is 9.78 Å². The number of urea groups is 1. The van der Waals surface area contributed by atoms with Crippen LogP contribution < -0.4 is 10.6 Å². The highest BCUT2D eigenvalue weighted by Gasteiger charge is 2.25. The average Bonchev–Trinajstić information content (AvgIpc) is 3.32. The van der Waals surface area contributed by atoms with Gasteiger partial charge >= 0.3 is 6.03 Å². The van der Waals surface area contributed by atoms with E-state index >= 15 is 0 Å². The normalized spacial score (nSPS) is 13.3. The smallest absolute Gasteiger partial charge is 0.322 e. The van der Waals surface area contributed by atoms with Gasteiger partial charge in [-0.15, -0.1) is 11.3 Å². The maximum absolute atomic E-state index is 12.6. The number of carbonyl (C=O) groups is 2. The van der Waals surface area contributed by atoms with E-state index in [1.807, 2.05) is 0 Å². The van der Waals surface area contributed by atoms with E-state index in [-0.39, 0.29) is 24.5 Å². The minimum Gasteiger partial charge on any atom is -0.383 e. The second-order valence-corrected chi connectivity index (χ2v) is 7.61. The first-order chi connectivity index (χ1) is 13.0. The molecule has 3 rings (SSSR count). The fraction of sp³-hybridized carbons (Fsp3) is 0.389. The molecule has 0 spiro atoms. The maximum atomic E-state index is 12.6. The van der Waals surface area contributed by atoms with Crippen LogP contribution in [0.2, 0.25) is 5.02 Å². The highest BCUT2D eigenvalue weighted by Crippen LogP contribution is 2.20. The molecule has 144 valence electrons. The number of carbonyl (C=O) groups excluding carboxylic acids is 2. The molecule has 0 unspecified atom stereocenters. The number of rotatable bonds is 8. The number of benzene rings is 1. The minimum atomic E-state index is -0.284. The zero-order valence-electron chi connectivity index (χ0n) is 14.9. The standard InChI is InChI=1S/C18H21ClN4O3S/c1-26-8-7-23(18(25)21-14-4-2-3-12(19)9-14)10-16-22-15(11-27-16)17(24)20-13-5-6-13/h2-4,9,11,13H,5-8,10H2,1H3,(H,20,24)(H,21,25). The molecule has 0 bridgehead atoms. The van der Waals surface area contributed by atoms with E-state index in [9.17, 15) is 9.59 Å². The molecule has 2 aromatic rings. The van der Waals surface area contributed by atoms with Crippen molar-refractivity contribution in [2.24, 2.45) is 0 Å². The van der Waals surface area contributed by atoms with E-state index < -0.39 is 0 Å². The molecule has 1 saturated carbocycles. The Morgan fingerprint density at radius 1 is 1.41 bits per heavy atom. The van der Waals surface area contributed by atoms with Crippen molar-refractivity contribution in [2.75, 3.05) is 25.6 Å². The van der Waals surface area contributed by atoms with Crippen LogP contribution in [0.5, 0.6) is 0 Å². The van der Waals surface area contributed by atoms with Crippen molar-refractivity contribution in [2.45, 2.75) is 25.4 Å². The number of amides is 3. The summed E-state index contributed by atoms with van der Waals surface area (Å²) >= 11 is 7.32. The molecule has 1 aliphatic rings. The lowest BCUT2D eigenvalue weighted by atomic mass is 10.3. The Kier molecular flexibility index (Phi) is 6.65. The van der Waals surface area contributed by atoms with E-state index in [0.29, 0.717) is 34.6 Å². The maximum Gasteiger partial charge on any atom is 0.322 e. The van der Waals surface area contributed by atoms with Crippen LogP contribution in [0.1, 0.15) is 28.3 Å². The lowest BCUT2D eigenvalue weighted by Gasteiger charge is -2.21. The Bertz CT molecular complexity index is 809. The predicted octanol–water partition coefficient (Wildman–Crippen LogP) is 3.37. The molecule has 1 aromatic carbocycles. The SMILES string of the molecule is COCCN(Cc1nc(C(=O)NC2CC2)cs1)C(=O)Nc1cccc(Cl)c1. The molecular weight excluding hydrogens is 388 g/mol. The number of aromatic nitrogens is 1. The van der Waals surface area contributed by atoms with Gasteiger partial charge in [-0.2, -0.15) is 0 Å². The number of thiazole rings is 1. The summed E-state index contributed by atoms with van der Waals surface area (Å²) in [5, 5.41) is 8.68. The van der Waals surface area contributed by atoms with Crippen molar-refractivity contribution in [1.29, 1.82) is 0 Å². The molecule has 1 fully saturated rings. The number of methoxy groups -OCH3 is 1. The average molecular weight is 409 g/mol. The van der Waals surface area contributed by atoms with Crippen molar-refractivity contribution >= 4 is 40.6 Å². The van der Waals surface area contributed by atoms with Crippen molar-refractivity contribution in [3.05, 3.63) is 45.4 Å². The van der Waals surface area contributed by atoms with E-state index in [2.05, 4.69) is 15.6 Å². The topological polar surface area (TPSA) is 83.6 Å². The number of ether oxygens (including phenoxy) is 1. The van der Waals surface area contributed by atoms with Crippen LogP contribution in [0, 0.1) is 0 Å². The first kappa shape index (κ1) is 19.6. The summed E-state index contributed by atoms with van der Waals surface area (Å²) in [6.45, 7) is 1.08. The number of nitrogens with one attached hydrogen (secondary N) is 2. The summed E-state index contributed by atoms with van der Waals surface area (Å²) in [5.41, 5.74) is 1.00. The van der Waals surface area contributed by atoms with Crippen LogP contribution in [-0.2, 0) is 11.3 Å². The summed E-state index contributed by atoms with van der Waals surface area (Å²) in [4.78, 5) is 30.7. The highest BCUT2D eigenvalue weighted by atomic mass is 35.5. The molecule has 2 N–H and O–H groups in total. The molecule has 0 aliphatic heterocycles. The van der Waals surface area contributed by atoms with Gasteiger partial charge in [0.1, 0.15) is 10.7 Å². The number of halogens is 1. The highest BCUT2D eigenvalue weighted by molar-refractivity contribution is 7.09. The Morgan fingerprint density at radius 2 is 2.22 bits per heavy atom. The van der Waals surface area contributed by atoms with E-state index in [4.69, 9.17) is 16.3 Å². The molecule has 1 heterocycles. The first-order valence-electron chi connectivity index (χ1n) is 8.61. The number of hydrogen-bond donors (Lipinski definition) is 2. The van der Waals surface area contributed by atoms with Gasteiger partial charge in [-0.1, -0.05) is 17.7 Å². The van der Waals surface area contributed by atoms with Gasteiger partial charge in [0, 0.05) is 35.8 Å². The molecule has 27 heavy (non-hydrogen) atoms. The Hall–Kier alpha value is -2.16. The largest absolute Gasteiger partial charge is 0.383 e.